The van der Waals surface area contributed by atoms with Crippen molar-refractivity contribution in [3.05, 3.63) is 64.5 Å². The van der Waals surface area contributed by atoms with Crippen molar-refractivity contribution in [2.45, 2.75) is 12.5 Å². The number of hydrogen-bond acceptors (Lipinski definition) is 6. The number of piperazine rings is 1. The van der Waals surface area contributed by atoms with Crippen molar-refractivity contribution in [2.75, 3.05) is 19.6 Å². The van der Waals surface area contributed by atoms with Crippen LogP contribution in [0.25, 0.3) is 10.7 Å². The second kappa shape index (κ2) is 10.8. The van der Waals surface area contributed by atoms with Gasteiger partial charge in [-0.25, -0.2) is 4.98 Å². The molecule has 1 aliphatic rings. The number of hydrogen-bond donors (Lipinski definition) is 1. The van der Waals surface area contributed by atoms with E-state index in [1.165, 1.54) is 11.3 Å². The van der Waals surface area contributed by atoms with Gasteiger partial charge in [-0.05, 0) is 11.6 Å². The molecule has 0 saturated carbocycles. The lowest BCUT2D eigenvalue weighted by Crippen LogP contribution is -2.49. The molecule has 6 nitrogen and oxygen atoms in total. The number of halogens is 3. The van der Waals surface area contributed by atoms with Crippen LogP contribution in [0.2, 0.25) is 5.02 Å². The molecule has 1 atom stereocenters. The zero-order valence-corrected chi connectivity index (χ0v) is 18.5. The maximum Gasteiger partial charge on any atom is 0.229 e. The minimum absolute atomic E-state index is 0. The Morgan fingerprint density at radius 2 is 2.10 bits per heavy atom. The van der Waals surface area contributed by atoms with E-state index in [2.05, 4.69) is 20.3 Å². The SMILES string of the molecule is Cl.Cl.O=C(Cc1csc(-c2cnccn2)n1)N1CCNCC1c1ccccc1Cl. The lowest BCUT2D eigenvalue weighted by Gasteiger charge is -2.37. The van der Waals surface area contributed by atoms with Crippen LogP contribution in [0.1, 0.15) is 17.3 Å². The minimum Gasteiger partial charge on any atom is -0.333 e. The molecule has 1 unspecified atom stereocenters. The summed E-state index contributed by atoms with van der Waals surface area (Å²) in [6, 6.07) is 7.62. The molecule has 29 heavy (non-hydrogen) atoms. The molecule has 1 amide bonds. The summed E-state index contributed by atoms with van der Waals surface area (Å²) in [6.07, 6.45) is 5.20. The predicted octanol–water partition coefficient (Wildman–Crippen LogP) is 3.81. The smallest absolute Gasteiger partial charge is 0.229 e. The van der Waals surface area contributed by atoms with Gasteiger partial charge < -0.3 is 10.2 Å². The van der Waals surface area contributed by atoms with Gasteiger partial charge in [-0.1, -0.05) is 29.8 Å². The number of benzene rings is 1. The van der Waals surface area contributed by atoms with E-state index in [0.717, 1.165) is 28.5 Å². The average Bonchev–Trinajstić information content (AvgIpc) is 3.17. The highest BCUT2D eigenvalue weighted by Crippen LogP contribution is 2.29. The van der Waals surface area contributed by atoms with Gasteiger partial charge in [0, 0.05) is 42.4 Å². The van der Waals surface area contributed by atoms with Crippen molar-refractivity contribution < 1.29 is 4.79 Å². The first-order chi connectivity index (χ1) is 13.2. The molecule has 0 bridgehead atoms. The van der Waals surface area contributed by atoms with Gasteiger partial charge in [-0.15, -0.1) is 36.2 Å². The second-order valence-electron chi connectivity index (χ2n) is 6.24. The molecule has 4 rings (SSSR count). The number of amides is 1. The summed E-state index contributed by atoms with van der Waals surface area (Å²) in [4.78, 5) is 27.8. The molecular formula is C19H20Cl3N5OS. The van der Waals surface area contributed by atoms with E-state index in [4.69, 9.17) is 11.6 Å². The maximum atomic E-state index is 13.0. The van der Waals surface area contributed by atoms with Crippen LogP contribution in [0.5, 0.6) is 0 Å². The number of aromatic nitrogens is 3. The molecule has 1 aliphatic heterocycles. The first-order valence-electron chi connectivity index (χ1n) is 8.68. The van der Waals surface area contributed by atoms with Gasteiger partial charge in [0.15, 0.2) is 0 Å². The van der Waals surface area contributed by atoms with E-state index in [-0.39, 0.29) is 43.2 Å². The van der Waals surface area contributed by atoms with Crippen LogP contribution in [0.15, 0.2) is 48.2 Å². The molecular weight excluding hydrogens is 453 g/mol. The van der Waals surface area contributed by atoms with Crippen LogP contribution in [-0.2, 0) is 11.2 Å². The summed E-state index contributed by atoms with van der Waals surface area (Å²) >= 11 is 7.84. The molecule has 1 aromatic carbocycles. The Labute approximate surface area is 190 Å². The molecule has 1 fully saturated rings. The van der Waals surface area contributed by atoms with Crippen LogP contribution in [0.4, 0.5) is 0 Å². The number of nitrogens with one attached hydrogen (secondary N) is 1. The van der Waals surface area contributed by atoms with Crippen molar-refractivity contribution in [1.82, 2.24) is 25.2 Å². The molecule has 3 aromatic rings. The summed E-state index contributed by atoms with van der Waals surface area (Å²) in [6.45, 7) is 2.11. The standard InChI is InChI=1S/C19H18ClN5OS.2ClH/c20-15-4-2-1-3-14(15)17-11-22-7-8-25(17)18(26)9-13-12-27-19(24-13)16-10-21-5-6-23-16;;/h1-6,10,12,17,22H,7-9,11H2;2*1H. The number of carbonyl (C=O) groups excluding carboxylic acids is 1. The van der Waals surface area contributed by atoms with Crippen LogP contribution >= 0.6 is 47.8 Å². The molecule has 0 spiro atoms. The van der Waals surface area contributed by atoms with Crippen molar-refractivity contribution in [3.8, 4) is 10.7 Å². The molecule has 10 heteroatoms. The Balaban J connectivity index is 0.00000150. The van der Waals surface area contributed by atoms with Crippen LogP contribution in [0, 0.1) is 0 Å². The Kier molecular flexibility index (Phi) is 8.79. The fraction of sp³-hybridized carbons (Fsp3) is 0.263. The van der Waals surface area contributed by atoms with Gasteiger partial charge in [0.1, 0.15) is 10.7 Å². The summed E-state index contributed by atoms with van der Waals surface area (Å²) in [5.74, 6) is 0.0532. The van der Waals surface area contributed by atoms with Crippen LogP contribution in [-0.4, -0.2) is 45.4 Å². The van der Waals surface area contributed by atoms with E-state index in [1.54, 1.807) is 18.6 Å². The first-order valence-corrected chi connectivity index (χ1v) is 9.93. The number of rotatable bonds is 4. The number of nitrogens with zero attached hydrogens (tertiary/aromatic N) is 4. The van der Waals surface area contributed by atoms with Gasteiger partial charge in [0.25, 0.3) is 0 Å². The third-order valence-electron chi connectivity index (χ3n) is 4.49. The maximum absolute atomic E-state index is 13.0. The summed E-state index contributed by atoms with van der Waals surface area (Å²) in [5, 5.41) is 6.72. The van der Waals surface area contributed by atoms with E-state index < -0.39 is 0 Å². The third kappa shape index (κ3) is 5.43. The molecule has 1 saturated heterocycles. The topological polar surface area (TPSA) is 71.0 Å². The van der Waals surface area contributed by atoms with Crippen molar-refractivity contribution in [2.24, 2.45) is 0 Å². The lowest BCUT2D eigenvalue weighted by atomic mass is 10.0. The van der Waals surface area contributed by atoms with Gasteiger partial charge in [-0.3, -0.25) is 14.8 Å². The molecule has 0 radical (unpaired) electrons. The summed E-state index contributed by atoms with van der Waals surface area (Å²) < 4.78 is 0. The first kappa shape index (κ1) is 23.5. The van der Waals surface area contributed by atoms with Crippen LogP contribution in [0.3, 0.4) is 0 Å². The lowest BCUT2D eigenvalue weighted by molar-refractivity contribution is -0.133. The monoisotopic (exact) mass is 471 g/mol. The fourth-order valence-corrected chi connectivity index (χ4v) is 4.24. The summed E-state index contributed by atoms with van der Waals surface area (Å²) in [5.41, 5.74) is 2.44. The highest BCUT2D eigenvalue weighted by molar-refractivity contribution is 7.13. The fourth-order valence-electron chi connectivity index (χ4n) is 3.20. The predicted molar refractivity (Wildman–Crippen MR) is 120 cm³/mol. The second-order valence-corrected chi connectivity index (χ2v) is 7.51. The minimum atomic E-state index is -0.0713. The Bertz CT molecular complexity index is 940. The van der Waals surface area contributed by atoms with Crippen LogP contribution < -0.4 is 5.32 Å². The molecule has 1 N–H and O–H groups in total. The van der Waals surface area contributed by atoms with E-state index >= 15 is 0 Å². The Morgan fingerprint density at radius 3 is 2.86 bits per heavy atom. The number of thiazole rings is 1. The third-order valence-corrected chi connectivity index (χ3v) is 5.75. The highest BCUT2D eigenvalue weighted by Gasteiger charge is 2.29. The van der Waals surface area contributed by atoms with Gasteiger partial charge in [0.2, 0.25) is 5.91 Å². The molecule has 3 heterocycles. The molecule has 0 aliphatic carbocycles. The van der Waals surface area contributed by atoms with E-state index in [1.807, 2.05) is 34.5 Å². The summed E-state index contributed by atoms with van der Waals surface area (Å²) in [7, 11) is 0. The number of carbonyl (C=O) groups is 1. The van der Waals surface area contributed by atoms with Crippen molar-refractivity contribution in [3.63, 3.8) is 0 Å². The van der Waals surface area contributed by atoms with E-state index in [9.17, 15) is 4.79 Å². The van der Waals surface area contributed by atoms with Gasteiger partial charge in [-0.2, -0.15) is 0 Å². The van der Waals surface area contributed by atoms with Gasteiger partial charge >= 0.3 is 0 Å². The average molecular weight is 473 g/mol. The van der Waals surface area contributed by atoms with Gasteiger partial charge in [0.05, 0.1) is 24.4 Å². The zero-order valence-electron chi connectivity index (χ0n) is 15.3. The van der Waals surface area contributed by atoms with Crippen molar-refractivity contribution in [1.29, 1.82) is 0 Å². The highest BCUT2D eigenvalue weighted by atomic mass is 35.5. The van der Waals surface area contributed by atoms with Crippen molar-refractivity contribution >= 4 is 53.7 Å². The molecule has 2 aromatic heterocycles. The normalized spacial score (nSPS) is 15.9. The largest absolute Gasteiger partial charge is 0.333 e. The quantitative estimate of drug-likeness (QED) is 0.625. The Morgan fingerprint density at radius 1 is 1.28 bits per heavy atom. The zero-order chi connectivity index (χ0) is 18.6. The van der Waals surface area contributed by atoms with E-state index in [0.29, 0.717) is 18.1 Å². The molecule has 154 valence electrons. The Hall–Kier alpha value is -1.77.